The molecule has 25 heavy (non-hydrogen) atoms. The van der Waals surface area contributed by atoms with Crippen molar-refractivity contribution in [3.05, 3.63) is 41.2 Å². The summed E-state index contributed by atoms with van der Waals surface area (Å²) < 4.78 is 1.72. The molecular formula is C18H22N4O3. The smallest absolute Gasteiger partial charge is 0.311 e. The highest BCUT2D eigenvalue weighted by Crippen LogP contribution is 2.30. The number of benzene rings is 1. The second-order valence-electron chi connectivity index (χ2n) is 6.98. The van der Waals surface area contributed by atoms with Gasteiger partial charge < -0.3 is 10.0 Å². The number of carbonyl (C=O) groups is 2. The van der Waals surface area contributed by atoms with E-state index in [9.17, 15) is 14.7 Å². The number of likely N-dealkylation sites (tertiary alicyclic amines) is 1. The van der Waals surface area contributed by atoms with Crippen LogP contribution in [0.2, 0.25) is 0 Å². The summed E-state index contributed by atoms with van der Waals surface area (Å²) >= 11 is 0. The van der Waals surface area contributed by atoms with Gasteiger partial charge >= 0.3 is 5.97 Å². The van der Waals surface area contributed by atoms with Crippen molar-refractivity contribution >= 4 is 11.9 Å². The Hall–Kier alpha value is -2.70. The summed E-state index contributed by atoms with van der Waals surface area (Å²) in [5, 5.41) is 17.6. The highest BCUT2D eigenvalue weighted by atomic mass is 16.4. The lowest BCUT2D eigenvalue weighted by Gasteiger charge is -2.19. The Morgan fingerprint density at radius 2 is 1.92 bits per heavy atom. The van der Waals surface area contributed by atoms with Gasteiger partial charge in [0.2, 0.25) is 5.91 Å². The number of carboxylic acid groups (broad SMARTS) is 1. The molecule has 7 nitrogen and oxygen atoms in total. The monoisotopic (exact) mass is 342 g/mol. The van der Waals surface area contributed by atoms with Gasteiger partial charge in [-0.25, -0.2) is 4.68 Å². The third-order valence-electron chi connectivity index (χ3n) is 4.93. The van der Waals surface area contributed by atoms with Gasteiger partial charge in [0.15, 0.2) is 0 Å². The van der Waals surface area contributed by atoms with Crippen molar-refractivity contribution in [3.63, 3.8) is 0 Å². The minimum Gasteiger partial charge on any atom is -0.481 e. The van der Waals surface area contributed by atoms with Crippen LogP contribution in [0.3, 0.4) is 0 Å². The van der Waals surface area contributed by atoms with E-state index in [2.05, 4.69) is 10.3 Å². The Labute approximate surface area is 146 Å². The van der Waals surface area contributed by atoms with Crippen LogP contribution in [0.15, 0.2) is 24.3 Å². The highest BCUT2D eigenvalue weighted by Gasteiger charge is 2.42. The highest BCUT2D eigenvalue weighted by molar-refractivity contribution is 5.81. The zero-order valence-electron chi connectivity index (χ0n) is 14.7. The standard InChI is InChI=1S/C18H22N4O3/c1-12-4-6-14(7-5-12)22-13(2)15(19-20-22)10-16(23)21-9-8-18(3,11-21)17(24)25/h4-7H,8-11H2,1-3H3,(H,24,25)/t18-/m1/s1. The molecule has 1 aromatic heterocycles. The van der Waals surface area contributed by atoms with Gasteiger partial charge in [0.25, 0.3) is 0 Å². The number of hydrogen-bond donors (Lipinski definition) is 1. The molecule has 0 spiro atoms. The SMILES string of the molecule is Cc1ccc(-n2nnc(CC(=O)N3CC[C@@](C)(C(=O)O)C3)c2C)cc1. The van der Waals surface area contributed by atoms with E-state index in [1.54, 1.807) is 16.5 Å². The predicted molar refractivity (Wildman–Crippen MR) is 91.5 cm³/mol. The van der Waals surface area contributed by atoms with Crippen LogP contribution in [0.1, 0.15) is 30.3 Å². The van der Waals surface area contributed by atoms with Gasteiger partial charge in [0.1, 0.15) is 0 Å². The first-order valence-electron chi connectivity index (χ1n) is 8.29. The van der Waals surface area contributed by atoms with Gasteiger partial charge in [-0.3, -0.25) is 9.59 Å². The van der Waals surface area contributed by atoms with E-state index in [1.807, 2.05) is 38.1 Å². The van der Waals surface area contributed by atoms with Crippen LogP contribution < -0.4 is 0 Å². The summed E-state index contributed by atoms with van der Waals surface area (Å²) in [6, 6.07) is 7.92. The van der Waals surface area contributed by atoms with E-state index >= 15 is 0 Å². The van der Waals surface area contributed by atoms with Gasteiger partial charge in [-0.2, -0.15) is 0 Å². The lowest BCUT2D eigenvalue weighted by molar-refractivity contribution is -0.147. The van der Waals surface area contributed by atoms with Crippen molar-refractivity contribution in [3.8, 4) is 5.69 Å². The lowest BCUT2D eigenvalue weighted by Crippen LogP contribution is -2.35. The number of aryl methyl sites for hydroxylation is 1. The molecule has 0 bridgehead atoms. The molecular weight excluding hydrogens is 320 g/mol. The first-order valence-corrected chi connectivity index (χ1v) is 8.29. The molecule has 7 heteroatoms. The van der Waals surface area contributed by atoms with Crippen LogP contribution >= 0.6 is 0 Å². The van der Waals surface area contributed by atoms with Crippen LogP contribution in [0, 0.1) is 19.3 Å². The number of carboxylic acids is 1. The molecule has 1 aliphatic rings. The van der Waals surface area contributed by atoms with Crippen LogP contribution in [-0.4, -0.2) is 50.0 Å². The number of carbonyl (C=O) groups excluding carboxylic acids is 1. The Morgan fingerprint density at radius 1 is 1.24 bits per heavy atom. The van der Waals surface area contributed by atoms with Crippen LogP contribution in [0.4, 0.5) is 0 Å². The van der Waals surface area contributed by atoms with Gasteiger partial charge in [-0.1, -0.05) is 22.9 Å². The molecule has 1 amide bonds. The average molecular weight is 342 g/mol. The molecule has 1 aromatic carbocycles. The number of hydrogen-bond acceptors (Lipinski definition) is 4. The second-order valence-corrected chi connectivity index (χ2v) is 6.98. The molecule has 0 radical (unpaired) electrons. The van der Waals surface area contributed by atoms with Gasteiger partial charge in [0, 0.05) is 13.1 Å². The summed E-state index contributed by atoms with van der Waals surface area (Å²) in [6.45, 7) is 6.29. The number of amides is 1. The molecule has 132 valence electrons. The third kappa shape index (κ3) is 3.26. The summed E-state index contributed by atoms with van der Waals surface area (Å²) in [5.41, 5.74) is 2.64. The molecule has 1 saturated heterocycles. The number of nitrogens with zero attached hydrogens (tertiary/aromatic N) is 4. The topological polar surface area (TPSA) is 88.3 Å². The molecule has 1 N–H and O–H groups in total. The van der Waals surface area contributed by atoms with Crippen molar-refractivity contribution in [2.45, 2.75) is 33.6 Å². The zero-order chi connectivity index (χ0) is 18.2. The predicted octanol–water partition coefficient (Wildman–Crippen LogP) is 1.75. The lowest BCUT2D eigenvalue weighted by atomic mass is 9.90. The minimum absolute atomic E-state index is 0.107. The van der Waals surface area contributed by atoms with Crippen molar-refractivity contribution in [2.24, 2.45) is 5.41 Å². The van der Waals surface area contributed by atoms with Gasteiger partial charge in [0.05, 0.1) is 28.9 Å². The summed E-state index contributed by atoms with van der Waals surface area (Å²) in [7, 11) is 0. The van der Waals surface area contributed by atoms with Crippen molar-refractivity contribution in [1.29, 1.82) is 0 Å². The Bertz CT molecular complexity index is 812. The number of aliphatic carboxylic acids is 1. The van der Waals surface area contributed by atoms with E-state index in [0.29, 0.717) is 18.7 Å². The molecule has 0 saturated carbocycles. The molecule has 0 aliphatic carbocycles. The molecule has 1 atom stereocenters. The Morgan fingerprint density at radius 3 is 2.52 bits per heavy atom. The molecule has 3 rings (SSSR count). The summed E-state index contributed by atoms with van der Waals surface area (Å²) in [5.74, 6) is -0.965. The average Bonchev–Trinajstić information content (AvgIpc) is 3.14. The number of rotatable bonds is 4. The third-order valence-corrected chi connectivity index (χ3v) is 4.93. The quantitative estimate of drug-likeness (QED) is 0.914. The Balaban J connectivity index is 1.73. The first kappa shape index (κ1) is 17.1. The van der Waals surface area contributed by atoms with Crippen LogP contribution in [0.5, 0.6) is 0 Å². The van der Waals surface area contributed by atoms with Crippen molar-refractivity contribution in [2.75, 3.05) is 13.1 Å². The maximum absolute atomic E-state index is 12.5. The minimum atomic E-state index is -0.857. The van der Waals surface area contributed by atoms with Gasteiger partial charge in [-0.05, 0) is 39.3 Å². The fourth-order valence-electron chi connectivity index (χ4n) is 3.06. The maximum Gasteiger partial charge on any atom is 0.311 e. The molecule has 0 unspecified atom stereocenters. The van der Waals surface area contributed by atoms with Crippen LogP contribution in [-0.2, 0) is 16.0 Å². The van der Waals surface area contributed by atoms with Crippen molar-refractivity contribution < 1.29 is 14.7 Å². The second kappa shape index (κ2) is 6.31. The first-order chi connectivity index (χ1) is 11.8. The molecule has 1 aliphatic heterocycles. The zero-order valence-corrected chi connectivity index (χ0v) is 14.7. The summed E-state index contributed by atoms with van der Waals surface area (Å²) in [4.78, 5) is 25.5. The molecule has 2 heterocycles. The van der Waals surface area contributed by atoms with Crippen LogP contribution in [0.25, 0.3) is 5.69 Å². The maximum atomic E-state index is 12.5. The van der Waals surface area contributed by atoms with Crippen molar-refractivity contribution in [1.82, 2.24) is 19.9 Å². The fourth-order valence-corrected chi connectivity index (χ4v) is 3.06. The van der Waals surface area contributed by atoms with E-state index in [-0.39, 0.29) is 18.9 Å². The van der Waals surface area contributed by atoms with E-state index in [0.717, 1.165) is 16.9 Å². The van der Waals surface area contributed by atoms with E-state index in [4.69, 9.17) is 0 Å². The fraction of sp³-hybridized carbons (Fsp3) is 0.444. The molecule has 1 fully saturated rings. The van der Waals surface area contributed by atoms with Gasteiger partial charge in [-0.15, -0.1) is 5.10 Å². The normalized spacial score (nSPS) is 20.0. The van der Waals surface area contributed by atoms with E-state index < -0.39 is 11.4 Å². The Kier molecular flexibility index (Phi) is 4.32. The van der Waals surface area contributed by atoms with E-state index in [1.165, 1.54) is 0 Å². The number of aromatic nitrogens is 3. The largest absolute Gasteiger partial charge is 0.481 e. The molecule has 2 aromatic rings. The summed E-state index contributed by atoms with van der Waals surface area (Å²) in [6.07, 6.45) is 0.608.